The summed E-state index contributed by atoms with van der Waals surface area (Å²) >= 11 is 2.91. The number of benzene rings is 1. The summed E-state index contributed by atoms with van der Waals surface area (Å²) in [6.07, 6.45) is 2.13. The van der Waals surface area contributed by atoms with Crippen molar-refractivity contribution in [1.29, 1.82) is 0 Å². The van der Waals surface area contributed by atoms with E-state index in [2.05, 4.69) is 48.4 Å². The van der Waals surface area contributed by atoms with Crippen molar-refractivity contribution in [2.24, 2.45) is 0 Å². The summed E-state index contributed by atoms with van der Waals surface area (Å²) in [4.78, 5) is 13.8. The number of aryl methyl sites for hydroxylation is 2. The molecular weight excluding hydrogens is 340 g/mol. The molecule has 0 saturated heterocycles. The summed E-state index contributed by atoms with van der Waals surface area (Å²) in [5.41, 5.74) is 3.44. The summed E-state index contributed by atoms with van der Waals surface area (Å²) in [7, 11) is 1.85. The second-order valence-corrected chi connectivity index (χ2v) is 7.97. The van der Waals surface area contributed by atoms with Gasteiger partial charge in [0, 0.05) is 19.3 Å². The first-order chi connectivity index (χ1) is 11.5. The molecule has 130 valence electrons. The molecule has 0 aliphatic rings. The van der Waals surface area contributed by atoms with Gasteiger partial charge in [-0.15, -0.1) is 10.2 Å². The van der Waals surface area contributed by atoms with Crippen LogP contribution in [0.15, 0.2) is 22.5 Å². The number of nitrogens with one attached hydrogen (secondary N) is 1. The molecule has 0 aliphatic heterocycles. The van der Waals surface area contributed by atoms with Crippen LogP contribution in [0, 0.1) is 13.8 Å². The molecule has 0 bridgehead atoms. The van der Waals surface area contributed by atoms with Gasteiger partial charge in [0.25, 0.3) is 0 Å². The summed E-state index contributed by atoms with van der Waals surface area (Å²) in [6, 6.07) is 6.24. The molecule has 24 heavy (non-hydrogen) atoms. The molecular formula is C17H24N4OS2. The number of rotatable bonds is 8. The Bertz CT molecular complexity index is 687. The zero-order valence-corrected chi connectivity index (χ0v) is 16.3. The van der Waals surface area contributed by atoms with Gasteiger partial charge in [-0.3, -0.25) is 4.79 Å². The summed E-state index contributed by atoms with van der Waals surface area (Å²) in [5.74, 6) is 0.533. The van der Waals surface area contributed by atoms with Gasteiger partial charge >= 0.3 is 0 Å². The molecule has 0 spiro atoms. The molecule has 1 N–H and O–H groups in total. The zero-order valence-electron chi connectivity index (χ0n) is 14.6. The van der Waals surface area contributed by atoms with E-state index in [1.165, 1.54) is 34.2 Å². The monoisotopic (exact) mass is 364 g/mol. The van der Waals surface area contributed by atoms with Gasteiger partial charge in [-0.1, -0.05) is 54.1 Å². The molecule has 2 aromatic rings. The van der Waals surface area contributed by atoms with E-state index in [1.807, 2.05) is 13.1 Å². The molecule has 0 saturated carbocycles. The maximum atomic E-state index is 12.0. The standard InChI is InChI=1S/C17H24N4OS2/c1-5-6-9-21(4)15(22)11-23-17-20-19-16(24-17)18-14-8-7-12(2)10-13(14)3/h7-8,10H,5-6,9,11H2,1-4H3,(H,18,19). The van der Waals surface area contributed by atoms with Crippen molar-refractivity contribution < 1.29 is 4.79 Å². The molecule has 5 nitrogen and oxygen atoms in total. The molecule has 0 aliphatic carbocycles. The highest BCUT2D eigenvalue weighted by Crippen LogP contribution is 2.29. The molecule has 0 unspecified atom stereocenters. The average Bonchev–Trinajstić information content (AvgIpc) is 3.00. The predicted molar refractivity (Wildman–Crippen MR) is 102 cm³/mol. The number of thioether (sulfide) groups is 1. The van der Waals surface area contributed by atoms with E-state index in [4.69, 9.17) is 0 Å². The fourth-order valence-electron chi connectivity index (χ4n) is 2.14. The van der Waals surface area contributed by atoms with Gasteiger partial charge in [-0.2, -0.15) is 0 Å². The molecule has 0 fully saturated rings. The lowest BCUT2D eigenvalue weighted by atomic mass is 10.1. The molecule has 0 atom stereocenters. The highest BCUT2D eigenvalue weighted by Gasteiger charge is 2.12. The SMILES string of the molecule is CCCCN(C)C(=O)CSc1nnc(Nc2ccc(C)cc2C)s1. The topological polar surface area (TPSA) is 58.1 Å². The fourth-order valence-corrected chi connectivity index (χ4v) is 3.85. The van der Waals surface area contributed by atoms with Gasteiger partial charge in [-0.25, -0.2) is 0 Å². The number of anilines is 2. The van der Waals surface area contributed by atoms with Crippen LogP contribution in [0.2, 0.25) is 0 Å². The third-order valence-electron chi connectivity index (χ3n) is 3.62. The molecule has 7 heteroatoms. The van der Waals surface area contributed by atoms with Crippen molar-refractivity contribution in [1.82, 2.24) is 15.1 Å². The van der Waals surface area contributed by atoms with Gasteiger partial charge in [0.1, 0.15) is 0 Å². The Balaban J connectivity index is 1.88. The Morgan fingerprint density at radius 2 is 2.12 bits per heavy atom. The highest BCUT2D eigenvalue weighted by atomic mass is 32.2. The number of nitrogens with zero attached hydrogens (tertiary/aromatic N) is 3. The number of aromatic nitrogens is 2. The van der Waals surface area contributed by atoms with Gasteiger partial charge in [0.05, 0.1) is 5.75 Å². The molecule has 1 heterocycles. The van der Waals surface area contributed by atoms with E-state index in [0.717, 1.165) is 34.5 Å². The lowest BCUT2D eigenvalue weighted by Gasteiger charge is -2.15. The Kier molecular flexibility index (Phi) is 7.05. The first-order valence-corrected chi connectivity index (χ1v) is 9.84. The zero-order chi connectivity index (χ0) is 17.5. The number of hydrogen-bond donors (Lipinski definition) is 1. The van der Waals surface area contributed by atoms with Gasteiger partial charge in [-0.05, 0) is 31.9 Å². The van der Waals surface area contributed by atoms with E-state index in [9.17, 15) is 4.79 Å². The van der Waals surface area contributed by atoms with Gasteiger partial charge in [0.2, 0.25) is 11.0 Å². The summed E-state index contributed by atoms with van der Waals surface area (Å²) in [5, 5.41) is 12.4. The van der Waals surface area contributed by atoms with Crippen molar-refractivity contribution >= 4 is 39.8 Å². The van der Waals surface area contributed by atoms with Crippen molar-refractivity contribution in [3.8, 4) is 0 Å². The Hall–Kier alpha value is -1.60. The number of carbonyl (C=O) groups is 1. The van der Waals surface area contributed by atoms with Crippen LogP contribution in [-0.4, -0.2) is 40.3 Å². The normalized spacial score (nSPS) is 10.7. The van der Waals surface area contributed by atoms with E-state index in [-0.39, 0.29) is 5.91 Å². The second-order valence-electron chi connectivity index (χ2n) is 5.77. The summed E-state index contributed by atoms with van der Waals surface area (Å²) in [6.45, 7) is 7.08. The Morgan fingerprint density at radius 1 is 1.33 bits per heavy atom. The highest BCUT2D eigenvalue weighted by molar-refractivity contribution is 8.01. The van der Waals surface area contributed by atoms with Crippen molar-refractivity contribution in [2.75, 3.05) is 24.7 Å². The van der Waals surface area contributed by atoms with Crippen molar-refractivity contribution in [3.63, 3.8) is 0 Å². The van der Waals surface area contributed by atoms with E-state index >= 15 is 0 Å². The lowest BCUT2D eigenvalue weighted by molar-refractivity contribution is -0.127. The van der Waals surface area contributed by atoms with Crippen LogP contribution in [0.4, 0.5) is 10.8 Å². The Labute approximate surface area is 151 Å². The minimum atomic E-state index is 0.132. The van der Waals surface area contributed by atoms with Crippen LogP contribution < -0.4 is 5.32 Å². The number of unbranched alkanes of at least 4 members (excludes halogenated alkanes) is 1. The smallest absolute Gasteiger partial charge is 0.232 e. The van der Waals surface area contributed by atoms with Crippen LogP contribution in [-0.2, 0) is 4.79 Å². The minimum absolute atomic E-state index is 0.132. The maximum absolute atomic E-state index is 12.0. The number of hydrogen-bond acceptors (Lipinski definition) is 6. The Morgan fingerprint density at radius 3 is 2.83 bits per heavy atom. The molecule has 1 aromatic heterocycles. The van der Waals surface area contributed by atoms with E-state index < -0.39 is 0 Å². The fraction of sp³-hybridized carbons (Fsp3) is 0.471. The van der Waals surface area contributed by atoms with Crippen LogP contribution in [0.1, 0.15) is 30.9 Å². The predicted octanol–water partition coefficient (Wildman–Crippen LogP) is 4.25. The molecule has 1 amide bonds. The largest absolute Gasteiger partial charge is 0.345 e. The third kappa shape index (κ3) is 5.49. The van der Waals surface area contributed by atoms with Gasteiger partial charge in [0.15, 0.2) is 4.34 Å². The van der Waals surface area contributed by atoms with E-state index in [1.54, 1.807) is 4.90 Å². The van der Waals surface area contributed by atoms with Crippen LogP contribution in [0.5, 0.6) is 0 Å². The number of amides is 1. The number of carbonyl (C=O) groups excluding carboxylic acids is 1. The quantitative estimate of drug-likeness (QED) is 0.710. The molecule has 1 aromatic carbocycles. The van der Waals surface area contributed by atoms with Crippen LogP contribution >= 0.6 is 23.1 Å². The first-order valence-electron chi connectivity index (χ1n) is 8.04. The molecule has 2 rings (SSSR count). The first kappa shape index (κ1) is 18.7. The second kappa shape index (κ2) is 9.03. The maximum Gasteiger partial charge on any atom is 0.232 e. The average molecular weight is 365 g/mol. The van der Waals surface area contributed by atoms with Crippen molar-refractivity contribution in [2.45, 2.75) is 38.0 Å². The van der Waals surface area contributed by atoms with Crippen LogP contribution in [0.3, 0.4) is 0 Å². The van der Waals surface area contributed by atoms with E-state index in [0.29, 0.717) is 5.75 Å². The third-order valence-corrected chi connectivity index (χ3v) is 5.58. The lowest BCUT2D eigenvalue weighted by Crippen LogP contribution is -2.29. The summed E-state index contributed by atoms with van der Waals surface area (Å²) < 4.78 is 0.805. The van der Waals surface area contributed by atoms with Gasteiger partial charge < -0.3 is 10.2 Å². The van der Waals surface area contributed by atoms with Crippen molar-refractivity contribution in [3.05, 3.63) is 29.3 Å². The minimum Gasteiger partial charge on any atom is -0.345 e. The molecule has 0 radical (unpaired) electrons. The van der Waals surface area contributed by atoms with Crippen LogP contribution in [0.25, 0.3) is 0 Å².